The van der Waals surface area contributed by atoms with Crippen molar-refractivity contribution in [2.24, 2.45) is 0 Å². The number of para-hydroxylation sites is 2. The highest BCUT2D eigenvalue weighted by Gasteiger charge is 2.19. The minimum atomic E-state index is -0.102. The van der Waals surface area contributed by atoms with E-state index in [-0.39, 0.29) is 17.2 Å². The molecule has 10 rings (SSSR count). The standard InChI is InChI=1S/C42H21N5O2/c43-22-33-41-32-21-26(15-18-37(32)49-42(41)46-39(23-44)45-33)28-10-6-12-38-40(28)31-20-25(14-17-36(31)48-38)24-13-16-35-30(19-24)29-9-4-5-11-34(29)47(35)27-7-2-1-3-8-27/h1-21H. The zero-order chi connectivity index (χ0) is 32.6. The topological polar surface area (TPSA) is 105 Å². The molecule has 0 saturated heterocycles. The highest BCUT2D eigenvalue weighted by molar-refractivity contribution is 6.15. The Labute approximate surface area is 278 Å². The molecular weight excluding hydrogens is 606 g/mol. The van der Waals surface area contributed by atoms with Crippen LogP contribution in [0.3, 0.4) is 0 Å². The van der Waals surface area contributed by atoms with Gasteiger partial charge >= 0.3 is 0 Å². The monoisotopic (exact) mass is 627 g/mol. The predicted molar refractivity (Wildman–Crippen MR) is 191 cm³/mol. The lowest BCUT2D eigenvalue weighted by Gasteiger charge is -2.08. The summed E-state index contributed by atoms with van der Waals surface area (Å²) in [6, 6.07) is 48.0. The van der Waals surface area contributed by atoms with Gasteiger partial charge in [0, 0.05) is 32.6 Å². The number of furan rings is 2. The number of aromatic nitrogens is 3. The van der Waals surface area contributed by atoms with E-state index in [0.29, 0.717) is 16.4 Å². The van der Waals surface area contributed by atoms with E-state index in [2.05, 4.69) is 106 Å². The smallest absolute Gasteiger partial charge is 0.236 e. The van der Waals surface area contributed by atoms with Crippen molar-refractivity contribution in [2.45, 2.75) is 0 Å². The Hall–Kier alpha value is -7.22. The fourth-order valence-electron chi connectivity index (χ4n) is 7.23. The van der Waals surface area contributed by atoms with Gasteiger partial charge in [0.05, 0.1) is 16.4 Å². The lowest BCUT2D eigenvalue weighted by Crippen LogP contribution is -1.93. The minimum absolute atomic E-state index is 0.102. The maximum absolute atomic E-state index is 9.83. The maximum atomic E-state index is 9.83. The summed E-state index contributed by atoms with van der Waals surface area (Å²) in [5.74, 6) is -0.102. The number of benzene rings is 6. The summed E-state index contributed by atoms with van der Waals surface area (Å²) >= 11 is 0. The van der Waals surface area contributed by atoms with Crippen LogP contribution in [0, 0.1) is 22.7 Å². The first-order chi connectivity index (χ1) is 24.2. The SMILES string of the molecule is N#Cc1nc(C#N)c2c(n1)oc1ccc(-c3cccc4oc5ccc(-c6ccc7c(c6)c6ccccc6n7-c6ccccc6)cc5c34)cc12. The van der Waals surface area contributed by atoms with Gasteiger partial charge in [0.2, 0.25) is 11.5 Å². The zero-order valence-electron chi connectivity index (χ0n) is 25.7. The van der Waals surface area contributed by atoms with Crippen molar-refractivity contribution in [3.8, 4) is 40.1 Å². The van der Waals surface area contributed by atoms with Crippen LogP contribution >= 0.6 is 0 Å². The Bertz CT molecular complexity index is 3080. The summed E-state index contributed by atoms with van der Waals surface area (Å²) < 4.78 is 14.6. The quantitative estimate of drug-likeness (QED) is 0.193. The Morgan fingerprint density at radius 1 is 0.510 bits per heavy atom. The predicted octanol–water partition coefficient (Wildman–Crippen LogP) is 10.4. The molecule has 0 aliphatic rings. The molecule has 6 aromatic carbocycles. The van der Waals surface area contributed by atoms with E-state index in [4.69, 9.17) is 8.83 Å². The first-order valence-corrected chi connectivity index (χ1v) is 15.8. The second-order valence-corrected chi connectivity index (χ2v) is 12.0. The third-order valence-electron chi connectivity index (χ3n) is 9.36. The molecule has 0 bridgehead atoms. The molecule has 226 valence electrons. The summed E-state index contributed by atoms with van der Waals surface area (Å²) in [5, 5.41) is 24.8. The van der Waals surface area contributed by atoms with Crippen LogP contribution in [0.4, 0.5) is 0 Å². The van der Waals surface area contributed by atoms with Crippen molar-refractivity contribution in [1.82, 2.24) is 14.5 Å². The van der Waals surface area contributed by atoms with E-state index in [1.165, 1.54) is 16.3 Å². The molecule has 4 aromatic heterocycles. The first kappa shape index (κ1) is 26.9. The van der Waals surface area contributed by atoms with Crippen LogP contribution in [0.5, 0.6) is 0 Å². The van der Waals surface area contributed by atoms with E-state index in [1.807, 2.05) is 48.5 Å². The van der Waals surface area contributed by atoms with Gasteiger partial charge in [-0.3, -0.25) is 0 Å². The highest BCUT2D eigenvalue weighted by atomic mass is 16.3. The van der Waals surface area contributed by atoms with Crippen molar-refractivity contribution in [3.05, 3.63) is 139 Å². The van der Waals surface area contributed by atoms with Crippen LogP contribution < -0.4 is 0 Å². The molecule has 0 aliphatic heterocycles. The van der Waals surface area contributed by atoms with E-state index in [9.17, 15) is 10.5 Å². The summed E-state index contributed by atoms with van der Waals surface area (Å²) in [6.45, 7) is 0. The van der Waals surface area contributed by atoms with Gasteiger partial charge < -0.3 is 13.4 Å². The molecule has 0 fully saturated rings. The summed E-state index contributed by atoms with van der Waals surface area (Å²) in [4.78, 5) is 8.34. The molecule has 0 unspecified atom stereocenters. The average molecular weight is 628 g/mol. The highest BCUT2D eigenvalue weighted by Crippen LogP contribution is 2.41. The molecular formula is C42H21N5O2. The Kier molecular flexibility index (Phi) is 5.58. The van der Waals surface area contributed by atoms with Gasteiger partial charge in [-0.2, -0.15) is 15.5 Å². The molecule has 7 heteroatoms. The number of hydrogen-bond donors (Lipinski definition) is 0. The van der Waals surface area contributed by atoms with Crippen LogP contribution in [-0.4, -0.2) is 14.5 Å². The van der Waals surface area contributed by atoms with Crippen molar-refractivity contribution in [2.75, 3.05) is 0 Å². The summed E-state index contributed by atoms with van der Waals surface area (Å²) in [6.07, 6.45) is 0. The third-order valence-corrected chi connectivity index (χ3v) is 9.36. The molecule has 0 amide bonds. The fraction of sp³-hybridized carbons (Fsp3) is 0. The first-order valence-electron chi connectivity index (χ1n) is 15.8. The van der Waals surface area contributed by atoms with Crippen molar-refractivity contribution < 1.29 is 8.83 Å². The summed E-state index contributed by atoms with van der Waals surface area (Å²) in [7, 11) is 0. The number of nitrogens with zero attached hydrogens (tertiary/aromatic N) is 5. The minimum Gasteiger partial charge on any atom is -0.456 e. The number of nitriles is 2. The van der Waals surface area contributed by atoms with Gasteiger partial charge in [0.1, 0.15) is 28.9 Å². The average Bonchev–Trinajstić information content (AvgIpc) is 3.83. The summed E-state index contributed by atoms with van der Waals surface area (Å²) in [5.41, 5.74) is 10.0. The van der Waals surface area contributed by atoms with Gasteiger partial charge in [0.25, 0.3) is 0 Å². The fourth-order valence-corrected chi connectivity index (χ4v) is 7.23. The van der Waals surface area contributed by atoms with Crippen LogP contribution in [0.25, 0.3) is 93.8 Å². The molecule has 0 aliphatic carbocycles. The Morgan fingerprint density at radius 2 is 1.20 bits per heavy atom. The molecule has 7 nitrogen and oxygen atoms in total. The number of fused-ring (bicyclic) bond motifs is 9. The van der Waals surface area contributed by atoms with Gasteiger partial charge in [-0.15, -0.1) is 0 Å². The Balaban J connectivity index is 1.16. The normalized spacial score (nSPS) is 11.6. The number of hydrogen-bond acceptors (Lipinski definition) is 6. The van der Waals surface area contributed by atoms with Crippen LogP contribution in [0.15, 0.2) is 136 Å². The molecule has 0 spiro atoms. The molecule has 0 atom stereocenters. The zero-order valence-corrected chi connectivity index (χ0v) is 25.7. The van der Waals surface area contributed by atoms with Gasteiger partial charge in [-0.1, -0.05) is 66.7 Å². The van der Waals surface area contributed by atoms with E-state index < -0.39 is 0 Å². The Morgan fingerprint density at radius 3 is 2.04 bits per heavy atom. The van der Waals surface area contributed by atoms with E-state index in [0.717, 1.165) is 55.4 Å². The largest absolute Gasteiger partial charge is 0.456 e. The third kappa shape index (κ3) is 3.94. The second-order valence-electron chi connectivity index (χ2n) is 12.0. The number of rotatable bonds is 3. The molecule has 4 heterocycles. The van der Waals surface area contributed by atoms with Crippen LogP contribution in [-0.2, 0) is 0 Å². The lowest BCUT2D eigenvalue weighted by molar-refractivity contribution is 0.651. The molecule has 0 radical (unpaired) electrons. The maximum Gasteiger partial charge on any atom is 0.236 e. The second kappa shape index (κ2) is 10.1. The van der Waals surface area contributed by atoms with Gasteiger partial charge in [0.15, 0.2) is 5.69 Å². The molecule has 0 saturated carbocycles. The van der Waals surface area contributed by atoms with Gasteiger partial charge in [-0.25, -0.2) is 4.98 Å². The molecule has 10 aromatic rings. The van der Waals surface area contributed by atoms with Crippen LogP contribution in [0.2, 0.25) is 0 Å². The van der Waals surface area contributed by atoms with Crippen molar-refractivity contribution in [3.63, 3.8) is 0 Å². The van der Waals surface area contributed by atoms with Crippen molar-refractivity contribution >= 4 is 65.8 Å². The lowest BCUT2D eigenvalue weighted by atomic mass is 9.96. The van der Waals surface area contributed by atoms with Gasteiger partial charge in [-0.05, 0) is 82.9 Å². The molecule has 49 heavy (non-hydrogen) atoms. The molecule has 0 N–H and O–H groups in total. The van der Waals surface area contributed by atoms with E-state index >= 15 is 0 Å². The van der Waals surface area contributed by atoms with E-state index in [1.54, 1.807) is 0 Å². The van der Waals surface area contributed by atoms with Crippen molar-refractivity contribution in [1.29, 1.82) is 10.5 Å². The van der Waals surface area contributed by atoms with Crippen LogP contribution in [0.1, 0.15) is 11.5 Å².